The number of aliphatic hydroxyl groups excluding tert-OH is 1. The number of phosphoric acid groups is 2. The lowest BCUT2D eigenvalue weighted by Gasteiger charge is -2.21. The third kappa shape index (κ3) is 76.3. The van der Waals surface area contributed by atoms with Gasteiger partial charge in [-0.1, -0.05) is 388 Å². The first-order chi connectivity index (χ1) is 49.4. The van der Waals surface area contributed by atoms with Gasteiger partial charge in [0.15, 0.2) is 12.2 Å². The summed E-state index contributed by atoms with van der Waals surface area (Å²) in [5.41, 5.74) is 0. The molecule has 5 atom stereocenters. The monoisotopic (exact) mass is 1490 g/mol. The van der Waals surface area contributed by atoms with Gasteiger partial charge in [-0.3, -0.25) is 37.3 Å². The minimum Gasteiger partial charge on any atom is -0.462 e. The molecule has 0 saturated heterocycles. The molecule has 102 heavy (non-hydrogen) atoms. The minimum absolute atomic E-state index is 0.108. The van der Waals surface area contributed by atoms with Crippen LogP contribution in [-0.2, 0) is 65.4 Å². The van der Waals surface area contributed by atoms with Crippen molar-refractivity contribution in [3.63, 3.8) is 0 Å². The van der Waals surface area contributed by atoms with Crippen molar-refractivity contribution in [1.29, 1.82) is 0 Å². The van der Waals surface area contributed by atoms with E-state index in [2.05, 4.69) is 41.5 Å². The van der Waals surface area contributed by atoms with E-state index < -0.39 is 97.5 Å². The van der Waals surface area contributed by atoms with Crippen molar-refractivity contribution < 1.29 is 80.2 Å². The first-order valence-electron chi connectivity index (χ1n) is 43.0. The van der Waals surface area contributed by atoms with E-state index in [1.165, 1.54) is 257 Å². The number of hydrogen-bond donors (Lipinski definition) is 3. The van der Waals surface area contributed by atoms with Crippen molar-refractivity contribution in [2.75, 3.05) is 39.6 Å². The zero-order valence-electron chi connectivity index (χ0n) is 66.9. The second kappa shape index (κ2) is 74.5. The van der Waals surface area contributed by atoms with Gasteiger partial charge < -0.3 is 33.8 Å². The van der Waals surface area contributed by atoms with E-state index in [0.29, 0.717) is 25.7 Å². The Hall–Kier alpha value is -1.94. The SMILES string of the molecule is CCCCCCCCCCCCCCCCCC(=O)OC[C@H](COP(=O)(O)OC[C@@H](O)COP(=O)(O)OC[C@@H](COC(=O)CCCCCCCCCCCC(C)C)OC(=O)CCCCCCCCCCCCCCCC)OC(=O)CCCCCCCCCCCCCCCCCCCCC(C)C. The fourth-order valence-corrected chi connectivity index (χ4v) is 14.5. The zero-order valence-corrected chi connectivity index (χ0v) is 68.7. The van der Waals surface area contributed by atoms with Gasteiger partial charge in [0, 0.05) is 25.7 Å². The van der Waals surface area contributed by atoms with Crippen LogP contribution in [0.1, 0.15) is 440 Å². The number of aliphatic hydroxyl groups is 1. The summed E-state index contributed by atoms with van der Waals surface area (Å²) in [5.74, 6) is -0.539. The van der Waals surface area contributed by atoms with Crippen molar-refractivity contribution in [3.05, 3.63) is 0 Å². The highest BCUT2D eigenvalue weighted by Gasteiger charge is 2.30. The Labute approximate surface area is 626 Å². The molecule has 0 rings (SSSR count). The van der Waals surface area contributed by atoms with Crippen molar-refractivity contribution in [3.8, 4) is 0 Å². The van der Waals surface area contributed by atoms with Crippen LogP contribution in [0, 0.1) is 11.8 Å². The van der Waals surface area contributed by atoms with Crippen LogP contribution in [0.15, 0.2) is 0 Å². The molecule has 19 heteroatoms. The molecular formula is C83H162O17P2. The molecule has 0 fully saturated rings. The van der Waals surface area contributed by atoms with E-state index in [1.54, 1.807) is 0 Å². The molecule has 0 aromatic rings. The number of rotatable bonds is 82. The van der Waals surface area contributed by atoms with Gasteiger partial charge in [-0.15, -0.1) is 0 Å². The van der Waals surface area contributed by atoms with Gasteiger partial charge in [0.25, 0.3) is 0 Å². The average molecular weight is 1490 g/mol. The lowest BCUT2D eigenvalue weighted by atomic mass is 10.0. The molecule has 2 unspecified atom stereocenters. The highest BCUT2D eigenvalue weighted by atomic mass is 31.2. The number of carbonyl (C=O) groups excluding carboxylic acids is 4. The van der Waals surface area contributed by atoms with Crippen LogP contribution < -0.4 is 0 Å². The summed E-state index contributed by atoms with van der Waals surface area (Å²) in [6, 6.07) is 0. The predicted molar refractivity (Wildman–Crippen MR) is 418 cm³/mol. The third-order valence-corrected chi connectivity index (χ3v) is 21.4. The Kier molecular flexibility index (Phi) is 73.1. The van der Waals surface area contributed by atoms with Gasteiger partial charge >= 0.3 is 39.5 Å². The molecule has 606 valence electrons. The number of esters is 4. The van der Waals surface area contributed by atoms with Crippen molar-refractivity contribution >= 4 is 39.5 Å². The zero-order chi connectivity index (χ0) is 74.9. The van der Waals surface area contributed by atoms with E-state index in [4.69, 9.17) is 37.0 Å². The van der Waals surface area contributed by atoms with Crippen molar-refractivity contribution in [2.24, 2.45) is 11.8 Å². The summed E-state index contributed by atoms with van der Waals surface area (Å²) in [6.07, 6.45) is 65.2. The van der Waals surface area contributed by atoms with Gasteiger partial charge in [-0.2, -0.15) is 0 Å². The van der Waals surface area contributed by atoms with Gasteiger partial charge in [-0.25, -0.2) is 9.13 Å². The van der Waals surface area contributed by atoms with Gasteiger partial charge in [-0.05, 0) is 37.5 Å². The smallest absolute Gasteiger partial charge is 0.462 e. The largest absolute Gasteiger partial charge is 0.472 e. The lowest BCUT2D eigenvalue weighted by molar-refractivity contribution is -0.161. The second-order valence-corrected chi connectivity index (χ2v) is 33.7. The highest BCUT2D eigenvalue weighted by molar-refractivity contribution is 7.47. The van der Waals surface area contributed by atoms with Crippen LogP contribution in [0.5, 0.6) is 0 Å². The fourth-order valence-electron chi connectivity index (χ4n) is 12.9. The normalized spacial score (nSPS) is 13.9. The summed E-state index contributed by atoms with van der Waals surface area (Å²) in [5, 5.41) is 10.7. The Bertz CT molecular complexity index is 1960. The second-order valence-electron chi connectivity index (χ2n) is 30.8. The number of carbonyl (C=O) groups is 4. The first kappa shape index (κ1) is 100. The molecular weight excluding hydrogens is 1330 g/mol. The Morgan fingerprint density at radius 2 is 0.451 bits per heavy atom. The van der Waals surface area contributed by atoms with Gasteiger partial charge in [0.05, 0.1) is 26.4 Å². The molecule has 0 aromatic heterocycles. The number of unbranched alkanes of at least 4 members (excludes halogenated alkanes) is 52. The van der Waals surface area contributed by atoms with Crippen molar-refractivity contribution in [2.45, 2.75) is 458 Å². The average Bonchev–Trinajstić information content (AvgIpc) is 0.951. The Morgan fingerprint density at radius 3 is 0.667 bits per heavy atom. The number of phosphoric ester groups is 2. The molecule has 3 N–H and O–H groups in total. The van der Waals surface area contributed by atoms with E-state index in [9.17, 15) is 43.2 Å². The maximum atomic E-state index is 13.1. The van der Waals surface area contributed by atoms with E-state index in [-0.39, 0.29) is 25.7 Å². The third-order valence-electron chi connectivity index (χ3n) is 19.5. The molecule has 0 heterocycles. The van der Waals surface area contributed by atoms with Crippen LogP contribution in [0.25, 0.3) is 0 Å². The molecule has 0 saturated carbocycles. The first-order valence-corrected chi connectivity index (χ1v) is 46.0. The van der Waals surface area contributed by atoms with Crippen LogP contribution >= 0.6 is 15.6 Å². The molecule has 17 nitrogen and oxygen atoms in total. The quantitative estimate of drug-likeness (QED) is 0.0222. The summed E-state index contributed by atoms with van der Waals surface area (Å²) < 4.78 is 68.8. The molecule has 0 aromatic carbocycles. The van der Waals surface area contributed by atoms with Crippen LogP contribution in [0.3, 0.4) is 0 Å². The molecule has 0 bridgehead atoms. The standard InChI is InChI=1S/C83H162O17P2/c1-7-9-11-13-15-17-19-21-27-32-35-41-47-53-59-65-80(85)93-71-78(99-83(88)68-62-56-50-43-37-33-29-26-24-23-25-28-30-34-39-45-51-57-63-75(3)4)73-97-101(89,90)95-69-77(84)70-96-102(91,92)98-74-79(72-94-81(86)66-60-54-48-44-38-40-46-52-58-64-76(5)6)100-82(87)67-61-55-49-42-36-31-22-20-18-16-14-12-10-8-2/h75-79,84H,7-74H2,1-6H3,(H,89,90)(H,91,92)/t77-,78-,79-/m1/s1. The Balaban J connectivity index is 5.24. The lowest BCUT2D eigenvalue weighted by Crippen LogP contribution is -2.30. The number of ether oxygens (including phenoxy) is 4. The van der Waals surface area contributed by atoms with E-state index >= 15 is 0 Å². The summed E-state index contributed by atoms with van der Waals surface area (Å²) >= 11 is 0. The van der Waals surface area contributed by atoms with Gasteiger partial charge in [0.1, 0.15) is 19.3 Å². The van der Waals surface area contributed by atoms with Crippen LogP contribution in [0.2, 0.25) is 0 Å². The maximum absolute atomic E-state index is 13.1. The minimum atomic E-state index is -4.96. The summed E-state index contributed by atoms with van der Waals surface area (Å²) in [7, 11) is -9.92. The van der Waals surface area contributed by atoms with Crippen LogP contribution in [0.4, 0.5) is 0 Å². The molecule has 0 spiro atoms. The molecule has 0 aliphatic heterocycles. The highest BCUT2D eigenvalue weighted by Crippen LogP contribution is 2.45. The van der Waals surface area contributed by atoms with E-state index in [1.807, 2.05) is 0 Å². The Morgan fingerprint density at radius 1 is 0.265 bits per heavy atom. The van der Waals surface area contributed by atoms with E-state index in [0.717, 1.165) is 102 Å². The van der Waals surface area contributed by atoms with Crippen molar-refractivity contribution in [1.82, 2.24) is 0 Å². The number of hydrogen-bond acceptors (Lipinski definition) is 15. The molecule has 0 aliphatic carbocycles. The predicted octanol–water partition coefficient (Wildman–Crippen LogP) is 25.1. The van der Waals surface area contributed by atoms with Gasteiger partial charge in [0.2, 0.25) is 0 Å². The maximum Gasteiger partial charge on any atom is 0.472 e. The summed E-state index contributed by atoms with van der Waals surface area (Å²) in [6.45, 7) is 9.67. The molecule has 0 amide bonds. The topological polar surface area (TPSA) is 237 Å². The summed E-state index contributed by atoms with van der Waals surface area (Å²) in [4.78, 5) is 73.1. The van der Waals surface area contributed by atoms with Crippen LogP contribution in [-0.4, -0.2) is 96.7 Å². The fraction of sp³-hybridized carbons (Fsp3) is 0.952. The molecule has 0 aliphatic rings. The molecule has 0 radical (unpaired) electrons.